The first-order valence-electron chi connectivity index (χ1n) is 15.9. The SMILES string of the molecule is C=C(Cc1ccccc1)N1CCCC1.C=C(NC(CCCc1ccccc1)C(=C)Nc1ccn(C)c1)C(C)C.C=CCC. The Balaban J connectivity index is 0.000000299. The fourth-order valence-electron chi connectivity index (χ4n) is 4.71. The maximum atomic E-state index is 4.27. The largest absolute Gasteiger partial charge is 0.380 e. The molecule has 1 saturated heterocycles. The molecule has 0 radical (unpaired) electrons. The average molecular weight is 581 g/mol. The van der Waals surface area contributed by atoms with Crippen LogP contribution in [0.1, 0.15) is 64.0 Å². The summed E-state index contributed by atoms with van der Waals surface area (Å²) >= 11 is 0. The topological polar surface area (TPSA) is 32.2 Å². The second-order valence-corrected chi connectivity index (χ2v) is 11.6. The molecule has 1 aliphatic rings. The van der Waals surface area contributed by atoms with Crippen molar-refractivity contribution >= 4 is 5.69 Å². The van der Waals surface area contributed by atoms with Crippen LogP contribution in [0.5, 0.6) is 0 Å². The number of benzene rings is 2. The van der Waals surface area contributed by atoms with Gasteiger partial charge in [-0.15, -0.1) is 6.58 Å². The number of hydrogen-bond acceptors (Lipinski definition) is 3. The summed E-state index contributed by atoms with van der Waals surface area (Å²) in [4.78, 5) is 2.41. The molecule has 2 N–H and O–H groups in total. The van der Waals surface area contributed by atoms with Crippen molar-refractivity contribution in [3.8, 4) is 0 Å². The van der Waals surface area contributed by atoms with Gasteiger partial charge < -0.3 is 20.1 Å². The normalized spacial score (nSPS) is 12.7. The zero-order valence-corrected chi connectivity index (χ0v) is 27.3. The van der Waals surface area contributed by atoms with Crippen molar-refractivity contribution in [1.82, 2.24) is 14.8 Å². The van der Waals surface area contributed by atoms with Crippen LogP contribution >= 0.6 is 0 Å². The quantitative estimate of drug-likeness (QED) is 0.186. The van der Waals surface area contributed by atoms with Crippen molar-refractivity contribution < 1.29 is 0 Å². The van der Waals surface area contributed by atoms with E-state index in [1.165, 1.54) is 42.8 Å². The van der Waals surface area contributed by atoms with Crippen LogP contribution in [0.3, 0.4) is 0 Å². The number of hydrogen-bond donors (Lipinski definition) is 2. The molecule has 1 unspecified atom stereocenters. The Kier molecular flexibility index (Phi) is 16.5. The molecule has 2 aromatic carbocycles. The van der Waals surface area contributed by atoms with E-state index in [2.05, 4.69) is 136 Å². The zero-order valence-electron chi connectivity index (χ0n) is 27.3. The first-order chi connectivity index (χ1) is 20.7. The molecule has 1 aromatic heterocycles. The van der Waals surface area contributed by atoms with Crippen LogP contribution in [0.2, 0.25) is 0 Å². The third-order valence-electron chi connectivity index (χ3n) is 7.51. The highest BCUT2D eigenvalue weighted by Crippen LogP contribution is 2.18. The zero-order chi connectivity index (χ0) is 31.5. The van der Waals surface area contributed by atoms with Gasteiger partial charge in [0.05, 0.1) is 11.7 Å². The van der Waals surface area contributed by atoms with Gasteiger partial charge >= 0.3 is 0 Å². The van der Waals surface area contributed by atoms with E-state index >= 15 is 0 Å². The molecular formula is C39H56N4. The third kappa shape index (κ3) is 14.2. The van der Waals surface area contributed by atoms with Crippen molar-refractivity contribution in [2.45, 2.75) is 71.8 Å². The molecule has 0 aliphatic carbocycles. The number of nitrogens with zero attached hydrogens (tertiary/aromatic N) is 2. The van der Waals surface area contributed by atoms with Crippen molar-refractivity contribution in [2.24, 2.45) is 13.0 Å². The Hall–Kier alpha value is -3.92. The Labute approximate surface area is 262 Å². The molecule has 4 heteroatoms. The van der Waals surface area contributed by atoms with Gasteiger partial charge in [-0.2, -0.15) is 0 Å². The molecular weight excluding hydrogens is 524 g/mol. The summed E-state index contributed by atoms with van der Waals surface area (Å²) in [6.45, 7) is 24.9. The third-order valence-corrected chi connectivity index (χ3v) is 7.51. The van der Waals surface area contributed by atoms with Crippen LogP contribution in [0.15, 0.2) is 129 Å². The molecule has 1 aliphatic heterocycles. The highest BCUT2D eigenvalue weighted by Gasteiger charge is 2.15. The lowest BCUT2D eigenvalue weighted by Crippen LogP contribution is -2.34. The number of aromatic nitrogens is 1. The standard InChI is InChI=1S/C22H31N3.C13H17N.C4H8/c1-17(2)18(3)24-22(13-9-12-20-10-7-6-8-11-20)19(4)23-21-14-15-25(5)16-21;1-12(14-9-5-6-10-14)11-13-7-3-2-4-8-13;1-3-4-2/h6-8,10-11,14-17,22-24H,3-4,9,12-13H2,1-2,5H3;2-4,7-8H,1,5-6,9-11H2;3H,1,4H2,2H3. The minimum absolute atomic E-state index is 0.166. The summed E-state index contributed by atoms with van der Waals surface area (Å²) in [7, 11) is 2.02. The first kappa shape index (κ1) is 35.3. The van der Waals surface area contributed by atoms with Crippen LogP contribution in [0, 0.1) is 5.92 Å². The second kappa shape index (κ2) is 20.1. The lowest BCUT2D eigenvalue weighted by atomic mass is 10.0. The number of allylic oxidation sites excluding steroid dienone is 3. The van der Waals surface area contributed by atoms with E-state index in [1.807, 2.05) is 23.9 Å². The van der Waals surface area contributed by atoms with Crippen molar-refractivity contribution in [1.29, 1.82) is 0 Å². The summed E-state index contributed by atoms with van der Waals surface area (Å²) in [6.07, 6.45) is 13.9. The van der Waals surface area contributed by atoms with Gasteiger partial charge in [0.25, 0.3) is 0 Å². The van der Waals surface area contributed by atoms with Gasteiger partial charge in [0, 0.05) is 56.0 Å². The maximum absolute atomic E-state index is 4.27. The van der Waals surface area contributed by atoms with Crippen LogP contribution in [-0.2, 0) is 19.9 Å². The van der Waals surface area contributed by atoms with E-state index in [0.717, 1.165) is 49.2 Å². The maximum Gasteiger partial charge on any atom is 0.0654 e. The monoisotopic (exact) mass is 580 g/mol. The summed E-state index contributed by atoms with van der Waals surface area (Å²) < 4.78 is 2.03. The summed E-state index contributed by atoms with van der Waals surface area (Å²) in [5.74, 6) is 0.404. The Morgan fingerprint density at radius 2 is 1.47 bits per heavy atom. The van der Waals surface area contributed by atoms with E-state index in [0.29, 0.717) is 5.92 Å². The van der Waals surface area contributed by atoms with Crippen LogP contribution < -0.4 is 10.6 Å². The lowest BCUT2D eigenvalue weighted by molar-refractivity contribution is 0.418. The fourth-order valence-corrected chi connectivity index (χ4v) is 4.71. The van der Waals surface area contributed by atoms with E-state index < -0.39 is 0 Å². The average Bonchev–Trinajstić information content (AvgIpc) is 3.70. The molecule has 3 aromatic rings. The van der Waals surface area contributed by atoms with Crippen molar-refractivity contribution in [3.63, 3.8) is 0 Å². The predicted molar refractivity (Wildman–Crippen MR) is 189 cm³/mol. The summed E-state index contributed by atoms with van der Waals surface area (Å²) in [5, 5.41) is 7.00. The Morgan fingerprint density at radius 1 is 0.884 bits per heavy atom. The lowest BCUT2D eigenvalue weighted by Gasteiger charge is -2.25. The minimum Gasteiger partial charge on any atom is -0.380 e. The number of anilines is 1. The molecule has 232 valence electrons. The second-order valence-electron chi connectivity index (χ2n) is 11.6. The number of rotatable bonds is 14. The predicted octanol–water partition coefficient (Wildman–Crippen LogP) is 9.52. The summed E-state index contributed by atoms with van der Waals surface area (Å²) in [5.41, 5.74) is 7.13. The molecule has 0 saturated carbocycles. The van der Waals surface area contributed by atoms with Gasteiger partial charge in [-0.05, 0) is 61.6 Å². The van der Waals surface area contributed by atoms with Gasteiger partial charge in [0.2, 0.25) is 0 Å². The highest BCUT2D eigenvalue weighted by atomic mass is 15.1. The smallest absolute Gasteiger partial charge is 0.0654 e. The van der Waals surface area contributed by atoms with Gasteiger partial charge in [-0.3, -0.25) is 0 Å². The van der Waals surface area contributed by atoms with Crippen molar-refractivity contribution in [3.05, 3.63) is 140 Å². The number of likely N-dealkylation sites (tertiary alicyclic amines) is 1. The van der Waals surface area contributed by atoms with Crippen LogP contribution in [0.25, 0.3) is 0 Å². The molecule has 1 atom stereocenters. The van der Waals surface area contributed by atoms with Gasteiger partial charge in [0.1, 0.15) is 0 Å². The van der Waals surface area contributed by atoms with E-state index in [-0.39, 0.29) is 6.04 Å². The summed E-state index contributed by atoms with van der Waals surface area (Å²) in [6, 6.07) is 23.4. The molecule has 0 spiro atoms. The fraction of sp³-hybridized carbons (Fsp3) is 0.385. The van der Waals surface area contributed by atoms with Gasteiger partial charge in [0.15, 0.2) is 0 Å². The molecule has 43 heavy (non-hydrogen) atoms. The van der Waals surface area contributed by atoms with E-state index in [4.69, 9.17) is 0 Å². The first-order valence-corrected chi connectivity index (χ1v) is 15.9. The number of nitrogens with one attached hydrogen (secondary N) is 2. The molecule has 0 bridgehead atoms. The van der Waals surface area contributed by atoms with Crippen LogP contribution in [0.4, 0.5) is 5.69 Å². The van der Waals surface area contributed by atoms with E-state index in [9.17, 15) is 0 Å². The van der Waals surface area contributed by atoms with Crippen LogP contribution in [-0.4, -0.2) is 28.6 Å². The molecule has 0 amide bonds. The molecule has 1 fully saturated rings. The molecule has 4 rings (SSSR count). The number of aryl methyl sites for hydroxylation is 2. The molecule has 4 nitrogen and oxygen atoms in total. The minimum atomic E-state index is 0.166. The molecule has 2 heterocycles. The highest BCUT2D eigenvalue weighted by molar-refractivity contribution is 5.47. The van der Waals surface area contributed by atoms with Gasteiger partial charge in [-0.1, -0.05) is 107 Å². The Bertz CT molecular complexity index is 1220. The Morgan fingerprint density at radius 3 is 1.98 bits per heavy atom. The van der Waals surface area contributed by atoms with Crippen molar-refractivity contribution in [2.75, 3.05) is 18.4 Å². The van der Waals surface area contributed by atoms with Gasteiger partial charge in [-0.25, -0.2) is 0 Å². The van der Waals surface area contributed by atoms with E-state index in [1.54, 1.807) is 0 Å².